The number of hydrogen-bond acceptors (Lipinski definition) is 1. The molecule has 1 fully saturated rings. The number of rotatable bonds is 5. The Labute approximate surface area is 90.4 Å². The van der Waals surface area contributed by atoms with Crippen LogP contribution in [0.4, 0.5) is 0 Å². The summed E-state index contributed by atoms with van der Waals surface area (Å²) in [6, 6.07) is 0. The number of halogens is 1. The van der Waals surface area contributed by atoms with Gasteiger partial charge in [-0.2, -0.15) is 0 Å². The molecule has 0 heterocycles. The monoisotopic (exact) mass is 248 g/mol. The SMILES string of the molecule is CC(CBr)COCC1CCCCC1. The summed E-state index contributed by atoms with van der Waals surface area (Å²) < 4.78 is 5.70. The van der Waals surface area contributed by atoms with E-state index in [1.807, 2.05) is 0 Å². The third-order valence-electron chi connectivity index (χ3n) is 2.74. The van der Waals surface area contributed by atoms with E-state index >= 15 is 0 Å². The van der Waals surface area contributed by atoms with E-state index < -0.39 is 0 Å². The third kappa shape index (κ3) is 5.02. The van der Waals surface area contributed by atoms with Crippen LogP contribution in [0.5, 0.6) is 0 Å². The fraction of sp³-hybridized carbons (Fsp3) is 1.00. The molecule has 13 heavy (non-hydrogen) atoms. The maximum absolute atomic E-state index is 5.70. The van der Waals surface area contributed by atoms with Crippen molar-refractivity contribution in [3.8, 4) is 0 Å². The second-order valence-corrected chi connectivity index (χ2v) is 4.95. The first-order valence-electron chi connectivity index (χ1n) is 5.46. The molecule has 0 radical (unpaired) electrons. The second-order valence-electron chi connectivity index (χ2n) is 4.30. The molecule has 0 aliphatic heterocycles. The molecule has 0 aromatic carbocycles. The second kappa shape index (κ2) is 6.83. The van der Waals surface area contributed by atoms with Gasteiger partial charge in [-0.15, -0.1) is 0 Å². The van der Waals surface area contributed by atoms with E-state index in [4.69, 9.17) is 4.74 Å². The van der Waals surface area contributed by atoms with Crippen molar-refractivity contribution in [1.82, 2.24) is 0 Å². The number of ether oxygens (including phenoxy) is 1. The summed E-state index contributed by atoms with van der Waals surface area (Å²) >= 11 is 3.46. The largest absolute Gasteiger partial charge is 0.381 e. The zero-order chi connectivity index (χ0) is 9.52. The van der Waals surface area contributed by atoms with E-state index in [9.17, 15) is 0 Å². The summed E-state index contributed by atoms with van der Waals surface area (Å²) in [7, 11) is 0. The van der Waals surface area contributed by atoms with E-state index in [1.54, 1.807) is 0 Å². The van der Waals surface area contributed by atoms with Gasteiger partial charge in [0, 0.05) is 18.5 Å². The van der Waals surface area contributed by atoms with Gasteiger partial charge >= 0.3 is 0 Å². The summed E-state index contributed by atoms with van der Waals surface area (Å²) in [5.74, 6) is 1.51. The highest BCUT2D eigenvalue weighted by Gasteiger charge is 2.13. The van der Waals surface area contributed by atoms with Gasteiger partial charge in [0.2, 0.25) is 0 Å². The van der Waals surface area contributed by atoms with E-state index in [2.05, 4.69) is 22.9 Å². The molecule has 78 valence electrons. The maximum atomic E-state index is 5.70. The Morgan fingerprint density at radius 3 is 2.62 bits per heavy atom. The van der Waals surface area contributed by atoms with Crippen molar-refractivity contribution >= 4 is 15.9 Å². The highest BCUT2D eigenvalue weighted by molar-refractivity contribution is 9.09. The van der Waals surface area contributed by atoms with Gasteiger partial charge in [0.1, 0.15) is 0 Å². The summed E-state index contributed by atoms with van der Waals surface area (Å²) in [5, 5.41) is 1.05. The van der Waals surface area contributed by atoms with Crippen molar-refractivity contribution in [2.24, 2.45) is 11.8 Å². The molecule has 2 heteroatoms. The molecule has 1 atom stereocenters. The lowest BCUT2D eigenvalue weighted by Gasteiger charge is -2.21. The average Bonchev–Trinajstić information content (AvgIpc) is 2.19. The van der Waals surface area contributed by atoms with Gasteiger partial charge in [0.25, 0.3) is 0 Å². The minimum atomic E-state index is 0.656. The van der Waals surface area contributed by atoms with E-state index in [0.717, 1.165) is 24.5 Å². The maximum Gasteiger partial charge on any atom is 0.0499 e. The molecule has 0 aromatic heterocycles. The zero-order valence-electron chi connectivity index (χ0n) is 8.60. The molecule has 0 aromatic rings. The fourth-order valence-corrected chi connectivity index (χ4v) is 2.02. The fourth-order valence-electron chi connectivity index (χ4n) is 1.83. The lowest BCUT2D eigenvalue weighted by atomic mass is 9.90. The van der Waals surface area contributed by atoms with Crippen LogP contribution in [0.3, 0.4) is 0 Å². The van der Waals surface area contributed by atoms with Crippen LogP contribution in [0.25, 0.3) is 0 Å². The number of hydrogen-bond donors (Lipinski definition) is 0. The van der Waals surface area contributed by atoms with Crippen LogP contribution in [0.15, 0.2) is 0 Å². The van der Waals surface area contributed by atoms with Crippen LogP contribution in [-0.4, -0.2) is 18.5 Å². The summed E-state index contributed by atoms with van der Waals surface area (Å²) in [5.41, 5.74) is 0. The van der Waals surface area contributed by atoms with Crippen LogP contribution in [0.1, 0.15) is 39.0 Å². The molecule has 1 nitrogen and oxygen atoms in total. The quantitative estimate of drug-likeness (QED) is 0.676. The highest BCUT2D eigenvalue weighted by atomic mass is 79.9. The Bertz CT molecular complexity index is 121. The standard InChI is InChI=1S/C11H21BrO/c1-10(7-12)8-13-9-11-5-3-2-4-6-11/h10-11H,2-9H2,1H3. The van der Waals surface area contributed by atoms with Crippen molar-refractivity contribution in [1.29, 1.82) is 0 Å². The molecule has 1 rings (SSSR count). The van der Waals surface area contributed by atoms with Crippen molar-refractivity contribution in [3.05, 3.63) is 0 Å². The normalized spacial score (nSPS) is 21.7. The van der Waals surface area contributed by atoms with Crippen LogP contribution < -0.4 is 0 Å². The van der Waals surface area contributed by atoms with Crippen molar-refractivity contribution < 1.29 is 4.74 Å². The van der Waals surface area contributed by atoms with Crippen molar-refractivity contribution in [2.45, 2.75) is 39.0 Å². The van der Waals surface area contributed by atoms with E-state index in [0.29, 0.717) is 5.92 Å². The molecule has 0 amide bonds. The number of alkyl halides is 1. The minimum Gasteiger partial charge on any atom is -0.381 e. The van der Waals surface area contributed by atoms with E-state index in [-0.39, 0.29) is 0 Å². The molecule has 1 saturated carbocycles. The molecule has 0 bridgehead atoms. The Balaban J connectivity index is 1.98. The molecule has 0 N–H and O–H groups in total. The molecular weight excluding hydrogens is 228 g/mol. The molecule has 0 saturated heterocycles. The van der Waals surface area contributed by atoms with Gasteiger partial charge in [0.05, 0.1) is 0 Å². The summed E-state index contributed by atoms with van der Waals surface area (Å²) in [6.45, 7) is 4.13. The topological polar surface area (TPSA) is 9.23 Å². The first-order chi connectivity index (χ1) is 6.33. The van der Waals surface area contributed by atoms with Crippen LogP contribution >= 0.6 is 15.9 Å². The molecule has 1 unspecified atom stereocenters. The van der Waals surface area contributed by atoms with Crippen molar-refractivity contribution in [3.63, 3.8) is 0 Å². The average molecular weight is 249 g/mol. The smallest absolute Gasteiger partial charge is 0.0499 e. The molecule has 1 aliphatic rings. The first kappa shape index (κ1) is 11.5. The van der Waals surface area contributed by atoms with Gasteiger partial charge in [-0.25, -0.2) is 0 Å². The predicted molar refractivity (Wildman–Crippen MR) is 60.4 cm³/mol. The lowest BCUT2D eigenvalue weighted by molar-refractivity contribution is 0.0689. The Kier molecular flexibility index (Phi) is 6.05. The van der Waals surface area contributed by atoms with Crippen LogP contribution in [-0.2, 0) is 4.74 Å². The third-order valence-corrected chi connectivity index (χ3v) is 3.85. The zero-order valence-corrected chi connectivity index (χ0v) is 10.2. The Hall–Kier alpha value is 0.440. The van der Waals surface area contributed by atoms with Gasteiger partial charge in [-0.3, -0.25) is 0 Å². The molecule has 1 aliphatic carbocycles. The summed E-state index contributed by atoms with van der Waals surface area (Å²) in [6.07, 6.45) is 7.06. The Morgan fingerprint density at radius 1 is 1.31 bits per heavy atom. The van der Waals surface area contributed by atoms with Gasteiger partial charge < -0.3 is 4.74 Å². The lowest BCUT2D eigenvalue weighted by Crippen LogP contribution is -2.16. The van der Waals surface area contributed by atoms with Crippen LogP contribution in [0.2, 0.25) is 0 Å². The van der Waals surface area contributed by atoms with Gasteiger partial charge in [-0.05, 0) is 24.7 Å². The minimum absolute atomic E-state index is 0.656. The Morgan fingerprint density at radius 2 is 2.00 bits per heavy atom. The first-order valence-corrected chi connectivity index (χ1v) is 6.58. The van der Waals surface area contributed by atoms with Crippen molar-refractivity contribution in [2.75, 3.05) is 18.5 Å². The molecule has 0 spiro atoms. The van der Waals surface area contributed by atoms with E-state index in [1.165, 1.54) is 32.1 Å². The predicted octanol–water partition coefficient (Wildman–Crippen LogP) is 3.61. The highest BCUT2D eigenvalue weighted by Crippen LogP contribution is 2.23. The summed E-state index contributed by atoms with van der Waals surface area (Å²) in [4.78, 5) is 0. The van der Waals surface area contributed by atoms with Gasteiger partial charge in [-0.1, -0.05) is 42.1 Å². The van der Waals surface area contributed by atoms with Gasteiger partial charge in [0.15, 0.2) is 0 Å². The van der Waals surface area contributed by atoms with Crippen LogP contribution in [0, 0.1) is 11.8 Å². The molecular formula is C11H21BrO.